The molecule has 2 aromatic carbocycles. The minimum Gasteiger partial charge on any atom is -0.441 e. The van der Waals surface area contributed by atoms with E-state index in [1.165, 1.54) is 0 Å². The molecule has 0 radical (unpaired) electrons. The third-order valence-electron chi connectivity index (χ3n) is 3.93. The molecule has 130 valence electrons. The summed E-state index contributed by atoms with van der Waals surface area (Å²) in [6, 6.07) is 14.6. The van der Waals surface area contributed by atoms with Crippen molar-refractivity contribution in [3.05, 3.63) is 60.0 Å². The zero-order valence-electron chi connectivity index (χ0n) is 14.0. The number of nitrogens with zero attached hydrogens (tertiary/aromatic N) is 1. The standard InChI is InChI=1S/C19H21N3O3/c1-13-20-18-16(9-5-11-17(18)25-13)22-19(24)21-15(10-6-12-23)14-7-3-2-4-8-14/h2-5,7-9,11,15,23H,6,10,12H2,1H3,(H2,21,22,24)/t15-/m1/s1. The van der Waals surface area contributed by atoms with Gasteiger partial charge < -0.3 is 20.2 Å². The number of anilines is 1. The largest absolute Gasteiger partial charge is 0.441 e. The van der Waals surface area contributed by atoms with Crippen molar-refractivity contribution in [3.63, 3.8) is 0 Å². The van der Waals surface area contributed by atoms with Crippen LogP contribution in [0.1, 0.15) is 30.3 Å². The number of oxazole rings is 1. The average molecular weight is 339 g/mol. The number of rotatable bonds is 6. The molecule has 25 heavy (non-hydrogen) atoms. The molecule has 3 aromatic rings. The number of fused-ring (bicyclic) bond motifs is 1. The smallest absolute Gasteiger partial charge is 0.319 e. The molecule has 0 saturated carbocycles. The molecule has 1 atom stereocenters. The Kier molecular flexibility index (Phi) is 5.30. The Morgan fingerprint density at radius 2 is 2.00 bits per heavy atom. The Labute approximate surface area is 145 Å². The number of aryl methyl sites for hydroxylation is 1. The number of benzene rings is 2. The number of amides is 2. The highest BCUT2D eigenvalue weighted by atomic mass is 16.3. The predicted octanol–water partition coefficient (Wildman–Crippen LogP) is 3.77. The fourth-order valence-electron chi connectivity index (χ4n) is 2.78. The molecule has 0 fully saturated rings. The van der Waals surface area contributed by atoms with Gasteiger partial charge in [0.2, 0.25) is 0 Å². The molecular formula is C19H21N3O3. The first-order valence-electron chi connectivity index (χ1n) is 8.27. The minimum absolute atomic E-state index is 0.0875. The molecule has 0 spiro atoms. The van der Waals surface area contributed by atoms with Crippen LogP contribution in [0.15, 0.2) is 52.9 Å². The molecule has 0 bridgehead atoms. The van der Waals surface area contributed by atoms with E-state index in [2.05, 4.69) is 15.6 Å². The Bertz CT molecular complexity index is 846. The summed E-state index contributed by atoms with van der Waals surface area (Å²) in [7, 11) is 0. The summed E-state index contributed by atoms with van der Waals surface area (Å²) < 4.78 is 5.48. The first-order chi connectivity index (χ1) is 12.2. The number of nitrogens with one attached hydrogen (secondary N) is 2. The van der Waals surface area contributed by atoms with Crippen LogP contribution in [0, 0.1) is 6.92 Å². The highest BCUT2D eigenvalue weighted by Gasteiger charge is 2.16. The normalized spacial score (nSPS) is 12.1. The summed E-state index contributed by atoms with van der Waals surface area (Å²) >= 11 is 0. The molecule has 3 rings (SSSR count). The van der Waals surface area contributed by atoms with E-state index in [-0.39, 0.29) is 18.7 Å². The van der Waals surface area contributed by atoms with Gasteiger partial charge in [-0.15, -0.1) is 0 Å². The van der Waals surface area contributed by atoms with Crippen LogP contribution in [0.3, 0.4) is 0 Å². The zero-order valence-corrected chi connectivity index (χ0v) is 14.0. The van der Waals surface area contributed by atoms with Gasteiger partial charge in [-0.1, -0.05) is 36.4 Å². The topological polar surface area (TPSA) is 87.4 Å². The number of para-hydroxylation sites is 1. The number of hydrogen-bond donors (Lipinski definition) is 3. The fraction of sp³-hybridized carbons (Fsp3) is 0.263. The number of urea groups is 1. The number of aliphatic hydroxyl groups is 1. The van der Waals surface area contributed by atoms with Gasteiger partial charge in [0.15, 0.2) is 11.5 Å². The maximum absolute atomic E-state index is 12.5. The van der Waals surface area contributed by atoms with Gasteiger partial charge in [-0.2, -0.15) is 0 Å². The third kappa shape index (κ3) is 4.16. The fourth-order valence-corrected chi connectivity index (χ4v) is 2.78. The van der Waals surface area contributed by atoms with E-state index in [9.17, 15) is 4.79 Å². The van der Waals surface area contributed by atoms with Gasteiger partial charge >= 0.3 is 6.03 Å². The van der Waals surface area contributed by atoms with E-state index < -0.39 is 0 Å². The lowest BCUT2D eigenvalue weighted by Gasteiger charge is -2.19. The van der Waals surface area contributed by atoms with E-state index >= 15 is 0 Å². The molecule has 0 saturated heterocycles. The van der Waals surface area contributed by atoms with Crippen molar-refractivity contribution in [3.8, 4) is 0 Å². The molecular weight excluding hydrogens is 318 g/mol. The number of hydrogen-bond acceptors (Lipinski definition) is 4. The maximum atomic E-state index is 12.5. The van der Waals surface area contributed by atoms with Crippen molar-refractivity contribution < 1.29 is 14.3 Å². The average Bonchev–Trinajstić information content (AvgIpc) is 3.00. The van der Waals surface area contributed by atoms with Crippen LogP contribution in [-0.2, 0) is 0 Å². The van der Waals surface area contributed by atoms with Gasteiger partial charge in [0.05, 0.1) is 11.7 Å². The maximum Gasteiger partial charge on any atom is 0.319 e. The zero-order chi connectivity index (χ0) is 17.6. The van der Waals surface area contributed by atoms with Crippen LogP contribution in [-0.4, -0.2) is 22.7 Å². The Morgan fingerprint density at radius 3 is 2.76 bits per heavy atom. The summed E-state index contributed by atoms with van der Waals surface area (Å²) in [5.74, 6) is 0.551. The van der Waals surface area contributed by atoms with Crippen molar-refractivity contribution in [1.82, 2.24) is 10.3 Å². The van der Waals surface area contributed by atoms with Crippen molar-refractivity contribution in [2.24, 2.45) is 0 Å². The van der Waals surface area contributed by atoms with Crippen LogP contribution in [0.25, 0.3) is 11.1 Å². The summed E-state index contributed by atoms with van der Waals surface area (Å²) in [5.41, 5.74) is 2.86. The van der Waals surface area contributed by atoms with Gasteiger partial charge in [-0.3, -0.25) is 0 Å². The second-order valence-electron chi connectivity index (χ2n) is 5.81. The molecule has 1 aromatic heterocycles. The molecule has 3 N–H and O–H groups in total. The quantitative estimate of drug-likeness (QED) is 0.638. The third-order valence-corrected chi connectivity index (χ3v) is 3.93. The number of carbonyl (C=O) groups is 1. The molecule has 1 heterocycles. The van der Waals surface area contributed by atoms with Gasteiger partial charge in [0.1, 0.15) is 5.52 Å². The molecule has 2 amide bonds. The van der Waals surface area contributed by atoms with E-state index in [0.717, 1.165) is 5.56 Å². The summed E-state index contributed by atoms with van der Waals surface area (Å²) in [4.78, 5) is 16.8. The Morgan fingerprint density at radius 1 is 1.20 bits per heavy atom. The van der Waals surface area contributed by atoms with Crippen LogP contribution in [0.5, 0.6) is 0 Å². The first kappa shape index (κ1) is 17.0. The second kappa shape index (κ2) is 7.81. The van der Waals surface area contributed by atoms with Crippen molar-refractivity contribution >= 4 is 22.8 Å². The van der Waals surface area contributed by atoms with Crippen molar-refractivity contribution in [2.45, 2.75) is 25.8 Å². The minimum atomic E-state index is -0.319. The SMILES string of the molecule is Cc1nc2c(NC(=O)N[C@H](CCCO)c3ccccc3)cccc2o1. The molecule has 6 nitrogen and oxygen atoms in total. The highest BCUT2D eigenvalue weighted by molar-refractivity contribution is 5.98. The number of aliphatic hydroxyl groups excluding tert-OH is 1. The molecule has 0 aliphatic heterocycles. The van der Waals surface area contributed by atoms with Crippen molar-refractivity contribution in [2.75, 3.05) is 11.9 Å². The van der Waals surface area contributed by atoms with Crippen LogP contribution < -0.4 is 10.6 Å². The molecule has 0 unspecified atom stereocenters. The lowest BCUT2D eigenvalue weighted by atomic mass is 10.0. The van der Waals surface area contributed by atoms with Gasteiger partial charge in [-0.25, -0.2) is 9.78 Å². The van der Waals surface area contributed by atoms with Crippen LogP contribution in [0.2, 0.25) is 0 Å². The Hall–Kier alpha value is -2.86. The summed E-state index contributed by atoms with van der Waals surface area (Å²) in [5, 5.41) is 14.9. The molecule has 6 heteroatoms. The van der Waals surface area contributed by atoms with Gasteiger partial charge in [-0.05, 0) is 30.5 Å². The predicted molar refractivity (Wildman–Crippen MR) is 96.4 cm³/mol. The van der Waals surface area contributed by atoms with Gasteiger partial charge in [0, 0.05) is 13.5 Å². The Balaban J connectivity index is 1.74. The van der Waals surface area contributed by atoms with Crippen molar-refractivity contribution in [1.29, 1.82) is 0 Å². The summed E-state index contributed by atoms with van der Waals surface area (Å²) in [6.45, 7) is 1.86. The summed E-state index contributed by atoms with van der Waals surface area (Å²) in [6.07, 6.45) is 1.26. The van der Waals surface area contributed by atoms with E-state index in [1.807, 2.05) is 42.5 Å². The van der Waals surface area contributed by atoms with E-state index in [0.29, 0.717) is 35.5 Å². The number of carbonyl (C=O) groups excluding carboxylic acids is 1. The first-order valence-corrected chi connectivity index (χ1v) is 8.27. The molecule has 0 aliphatic carbocycles. The number of aromatic nitrogens is 1. The molecule has 0 aliphatic rings. The lowest BCUT2D eigenvalue weighted by Crippen LogP contribution is -2.32. The van der Waals surface area contributed by atoms with E-state index in [4.69, 9.17) is 9.52 Å². The van der Waals surface area contributed by atoms with Gasteiger partial charge in [0.25, 0.3) is 0 Å². The lowest BCUT2D eigenvalue weighted by molar-refractivity contribution is 0.244. The second-order valence-corrected chi connectivity index (χ2v) is 5.81. The monoisotopic (exact) mass is 339 g/mol. The van der Waals surface area contributed by atoms with Crippen LogP contribution >= 0.6 is 0 Å². The van der Waals surface area contributed by atoms with E-state index in [1.54, 1.807) is 13.0 Å². The highest BCUT2D eigenvalue weighted by Crippen LogP contribution is 2.24. The van der Waals surface area contributed by atoms with Crippen LogP contribution in [0.4, 0.5) is 10.5 Å².